The van der Waals surface area contributed by atoms with Gasteiger partial charge in [-0.3, -0.25) is 9.59 Å². The Morgan fingerprint density at radius 1 is 0.960 bits per heavy atom. The van der Waals surface area contributed by atoms with Crippen LogP contribution in [-0.2, 0) is 9.53 Å². The van der Waals surface area contributed by atoms with E-state index in [0.717, 1.165) is 0 Å². The van der Waals surface area contributed by atoms with Crippen LogP contribution in [0.1, 0.15) is 22.8 Å². The highest BCUT2D eigenvalue weighted by Crippen LogP contribution is 2.17. The maximum Gasteiger partial charge on any atom is 0.263 e. The number of rotatable bonds is 5. The maximum absolute atomic E-state index is 12.4. The van der Waals surface area contributed by atoms with Crippen molar-refractivity contribution in [1.82, 2.24) is 4.90 Å². The van der Waals surface area contributed by atoms with Crippen LogP contribution in [0.5, 0.6) is 5.75 Å². The highest BCUT2D eigenvalue weighted by atomic mass is 16.5. The first-order chi connectivity index (χ1) is 12.1. The molecule has 0 bridgehead atoms. The Morgan fingerprint density at radius 3 is 2.20 bits per heavy atom. The molecule has 130 valence electrons. The highest BCUT2D eigenvalue weighted by Gasteiger charge is 2.23. The zero-order chi connectivity index (χ0) is 17.6. The molecule has 25 heavy (non-hydrogen) atoms. The van der Waals surface area contributed by atoms with Crippen LogP contribution in [0.15, 0.2) is 54.6 Å². The molecular formula is C20H21NO4. The molecule has 1 amide bonds. The van der Waals surface area contributed by atoms with Gasteiger partial charge in [-0.25, -0.2) is 0 Å². The predicted molar refractivity (Wildman–Crippen MR) is 93.8 cm³/mol. The third-order valence-electron chi connectivity index (χ3n) is 4.14. The summed E-state index contributed by atoms with van der Waals surface area (Å²) in [6.07, 6.45) is -0.575. The van der Waals surface area contributed by atoms with Gasteiger partial charge in [-0.1, -0.05) is 30.3 Å². The van der Waals surface area contributed by atoms with Gasteiger partial charge in [-0.05, 0) is 31.2 Å². The molecular weight excluding hydrogens is 318 g/mol. The Balaban J connectivity index is 1.62. The monoisotopic (exact) mass is 339 g/mol. The summed E-state index contributed by atoms with van der Waals surface area (Å²) in [4.78, 5) is 26.5. The van der Waals surface area contributed by atoms with E-state index in [1.165, 1.54) is 0 Å². The average Bonchev–Trinajstić information content (AvgIpc) is 2.68. The quantitative estimate of drug-likeness (QED) is 0.786. The Morgan fingerprint density at radius 2 is 1.56 bits per heavy atom. The zero-order valence-electron chi connectivity index (χ0n) is 14.2. The molecule has 1 aliphatic rings. The molecule has 3 rings (SSSR count). The minimum Gasteiger partial charge on any atom is -0.481 e. The van der Waals surface area contributed by atoms with Crippen molar-refractivity contribution in [3.8, 4) is 5.75 Å². The van der Waals surface area contributed by atoms with Gasteiger partial charge in [0.25, 0.3) is 5.91 Å². The first kappa shape index (κ1) is 17.2. The molecule has 0 aliphatic carbocycles. The lowest BCUT2D eigenvalue weighted by atomic mass is 10.0. The summed E-state index contributed by atoms with van der Waals surface area (Å²) < 4.78 is 11.0. The van der Waals surface area contributed by atoms with Crippen molar-refractivity contribution >= 4 is 11.7 Å². The Bertz CT molecular complexity index is 721. The van der Waals surface area contributed by atoms with E-state index in [1.54, 1.807) is 48.2 Å². The molecule has 2 aromatic rings. The van der Waals surface area contributed by atoms with Crippen LogP contribution in [0.2, 0.25) is 0 Å². The van der Waals surface area contributed by atoms with E-state index in [9.17, 15) is 9.59 Å². The first-order valence-electron chi connectivity index (χ1n) is 8.38. The number of morpholine rings is 1. The van der Waals surface area contributed by atoms with Crippen LogP contribution in [0.25, 0.3) is 0 Å². The molecule has 1 saturated heterocycles. The zero-order valence-corrected chi connectivity index (χ0v) is 14.2. The fraction of sp³-hybridized carbons (Fsp3) is 0.300. The van der Waals surface area contributed by atoms with Crippen molar-refractivity contribution in [3.63, 3.8) is 0 Å². The molecule has 0 spiro atoms. The first-order valence-corrected chi connectivity index (χ1v) is 8.38. The van der Waals surface area contributed by atoms with Crippen LogP contribution in [0.4, 0.5) is 0 Å². The predicted octanol–water partition coefficient (Wildman–Crippen LogP) is 2.54. The van der Waals surface area contributed by atoms with Crippen molar-refractivity contribution in [2.45, 2.75) is 13.0 Å². The van der Waals surface area contributed by atoms with Crippen LogP contribution >= 0.6 is 0 Å². The molecule has 1 atom stereocenters. The van der Waals surface area contributed by atoms with Gasteiger partial charge in [0.15, 0.2) is 11.9 Å². The van der Waals surface area contributed by atoms with E-state index < -0.39 is 6.10 Å². The van der Waals surface area contributed by atoms with E-state index in [0.29, 0.717) is 43.2 Å². The topological polar surface area (TPSA) is 55.8 Å². The lowest BCUT2D eigenvalue weighted by Gasteiger charge is -2.29. The Kier molecular flexibility index (Phi) is 5.46. The third kappa shape index (κ3) is 4.25. The molecule has 0 aromatic heterocycles. The Hall–Kier alpha value is -2.66. The van der Waals surface area contributed by atoms with Crippen molar-refractivity contribution in [3.05, 3.63) is 65.7 Å². The summed E-state index contributed by atoms with van der Waals surface area (Å²) in [5.41, 5.74) is 1.23. The third-order valence-corrected chi connectivity index (χ3v) is 4.14. The molecule has 5 heteroatoms. The van der Waals surface area contributed by atoms with Crippen molar-refractivity contribution < 1.29 is 19.1 Å². The van der Waals surface area contributed by atoms with Crippen molar-refractivity contribution in [2.75, 3.05) is 26.3 Å². The van der Waals surface area contributed by atoms with Crippen LogP contribution < -0.4 is 4.74 Å². The fourth-order valence-electron chi connectivity index (χ4n) is 2.74. The second kappa shape index (κ2) is 7.94. The van der Waals surface area contributed by atoms with E-state index in [1.807, 2.05) is 18.2 Å². The van der Waals surface area contributed by atoms with Gasteiger partial charge in [0, 0.05) is 24.2 Å². The number of carbonyl (C=O) groups is 2. The van der Waals surface area contributed by atoms with Crippen molar-refractivity contribution in [1.29, 1.82) is 0 Å². The number of hydrogen-bond acceptors (Lipinski definition) is 4. The number of benzene rings is 2. The van der Waals surface area contributed by atoms with Crippen LogP contribution in [0, 0.1) is 0 Å². The lowest BCUT2D eigenvalue weighted by Crippen LogP contribution is -2.46. The minimum absolute atomic E-state index is 0.0374. The summed E-state index contributed by atoms with van der Waals surface area (Å²) in [6, 6.07) is 16.0. The number of ketones is 1. The number of hydrogen-bond donors (Lipinski definition) is 0. The SMILES string of the molecule is C[C@@H](Oc1ccc(C(=O)c2ccccc2)cc1)C(=O)N1CCOCC1. The summed E-state index contributed by atoms with van der Waals surface area (Å²) in [6.45, 7) is 4.05. The highest BCUT2D eigenvalue weighted by molar-refractivity contribution is 6.08. The molecule has 1 heterocycles. The van der Waals surface area contributed by atoms with Crippen molar-refractivity contribution in [2.24, 2.45) is 0 Å². The molecule has 5 nitrogen and oxygen atoms in total. The molecule has 0 saturated carbocycles. The molecule has 0 N–H and O–H groups in total. The normalized spacial score (nSPS) is 15.5. The van der Waals surface area contributed by atoms with Gasteiger partial charge >= 0.3 is 0 Å². The van der Waals surface area contributed by atoms with Crippen LogP contribution in [0.3, 0.4) is 0 Å². The minimum atomic E-state index is -0.575. The smallest absolute Gasteiger partial charge is 0.263 e. The van der Waals surface area contributed by atoms with Gasteiger partial charge in [0.2, 0.25) is 0 Å². The lowest BCUT2D eigenvalue weighted by molar-refractivity contribution is -0.142. The summed E-state index contributed by atoms with van der Waals surface area (Å²) in [5, 5.41) is 0. The summed E-state index contributed by atoms with van der Waals surface area (Å²) in [5.74, 6) is 0.482. The van der Waals surface area contributed by atoms with Gasteiger partial charge in [-0.15, -0.1) is 0 Å². The van der Waals surface area contributed by atoms with Crippen LogP contribution in [-0.4, -0.2) is 49.0 Å². The van der Waals surface area contributed by atoms with E-state index in [-0.39, 0.29) is 11.7 Å². The van der Waals surface area contributed by atoms with Gasteiger partial charge < -0.3 is 14.4 Å². The molecule has 1 fully saturated rings. The number of carbonyl (C=O) groups excluding carboxylic acids is 2. The summed E-state index contributed by atoms with van der Waals surface area (Å²) >= 11 is 0. The standard InChI is InChI=1S/C20H21NO4/c1-15(20(23)21-11-13-24-14-12-21)25-18-9-7-17(8-10-18)19(22)16-5-3-2-4-6-16/h2-10,15H,11-14H2,1H3/t15-/m1/s1. The molecule has 1 aliphatic heterocycles. The fourth-order valence-corrected chi connectivity index (χ4v) is 2.74. The van der Waals surface area contributed by atoms with Gasteiger partial charge in [0.1, 0.15) is 5.75 Å². The summed E-state index contributed by atoms with van der Waals surface area (Å²) in [7, 11) is 0. The van der Waals surface area contributed by atoms with Gasteiger partial charge in [-0.2, -0.15) is 0 Å². The average molecular weight is 339 g/mol. The largest absolute Gasteiger partial charge is 0.481 e. The number of nitrogens with zero attached hydrogens (tertiary/aromatic N) is 1. The number of ether oxygens (including phenoxy) is 2. The molecule has 2 aromatic carbocycles. The van der Waals surface area contributed by atoms with E-state index in [4.69, 9.17) is 9.47 Å². The van der Waals surface area contributed by atoms with E-state index in [2.05, 4.69) is 0 Å². The second-order valence-corrected chi connectivity index (χ2v) is 5.92. The molecule has 0 unspecified atom stereocenters. The second-order valence-electron chi connectivity index (χ2n) is 5.92. The Labute approximate surface area is 147 Å². The van der Waals surface area contributed by atoms with Gasteiger partial charge in [0.05, 0.1) is 13.2 Å². The molecule has 0 radical (unpaired) electrons. The maximum atomic E-state index is 12.4. The van der Waals surface area contributed by atoms with E-state index >= 15 is 0 Å². The number of amides is 1.